The number of nitrogens with zero attached hydrogens (tertiary/aromatic N) is 2. The van der Waals surface area contributed by atoms with Gasteiger partial charge in [-0.25, -0.2) is 4.98 Å². The SMILES string of the molecule is C/C=C\c1cc(C[C@@H](NC(=O)[C@H](CCCN=C(N)N)NC(=O)[C@@H](Cc2ccccc2)NC(=O)[C@H](Cc2cnc[nH]2)NC(=O)CCCc2ccccc2)C(N)=O)ccc1C. The zero-order chi connectivity index (χ0) is 42.6. The zero-order valence-corrected chi connectivity index (χ0v) is 33.7. The maximum absolute atomic E-state index is 14.2. The molecule has 11 N–H and O–H groups in total. The van der Waals surface area contributed by atoms with Crippen molar-refractivity contribution in [2.45, 2.75) is 89.4 Å². The Balaban J connectivity index is 1.54. The summed E-state index contributed by atoms with van der Waals surface area (Å²) in [5, 5.41) is 11.2. The van der Waals surface area contributed by atoms with E-state index in [1.807, 2.05) is 105 Å². The summed E-state index contributed by atoms with van der Waals surface area (Å²) in [7, 11) is 0. The summed E-state index contributed by atoms with van der Waals surface area (Å²) in [6.45, 7) is 4.05. The molecule has 15 nitrogen and oxygen atoms in total. The van der Waals surface area contributed by atoms with Crippen LogP contribution in [-0.4, -0.2) is 76.2 Å². The maximum atomic E-state index is 14.2. The van der Waals surface area contributed by atoms with Crippen molar-refractivity contribution >= 4 is 41.6 Å². The van der Waals surface area contributed by atoms with Gasteiger partial charge in [0.1, 0.15) is 24.2 Å². The van der Waals surface area contributed by atoms with Gasteiger partial charge < -0.3 is 43.5 Å². The highest BCUT2D eigenvalue weighted by molar-refractivity contribution is 5.95. The number of hydrogen-bond acceptors (Lipinski definition) is 7. The number of nitrogens with two attached hydrogens (primary N) is 3. The lowest BCUT2D eigenvalue weighted by atomic mass is 9.99. The molecule has 1 heterocycles. The summed E-state index contributed by atoms with van der Waals surface area (Å²) in [5.74, 6) is -3.13. The number of aromatic nitrogens is 2. The van der Waals surface area contributed by atoms with Gasteiger partial charge in [-0.2, -0.15) is 0 Å². The number of hydrogen-bond donors (Lipinski definition) is 8. The van der Waals surface area contributed by atoms with Crippen LogP contribution in [0, 0.1) is 6.92 Å². The summed E-state index contributed by atoms with van der Waals surface area (Å²) in [6.07, 6.45) is 8.96. The molecule has 0 unspecified atom stereocenters. The summed E-state index contributed by atoms with van der Waals surface area (Å²) < 4.78 is 0. The number of H-pyrrole nitrogens is 1. The van der Waals surface area contributed by atoms with Gasteiger partial charge in [-0.3, -0.25) is 29.0 Å². The number of benzene rings is 3. The van der Waals surface area contributed by atoms with E-state index < -0.39 is 47.8 Å². The second kappa shape index (κ2) is 23.5. The fourth-order valence-electron chi connectivity index (χ4n) is 6.47. The van der Waals surface area contributed by atoms with Crippen molar-refractivity contribution in [3.8, 4) is 0 Å². The van der Waals surface area contributed by atoms with Crippen molar-refractivity contribution in [1.29, 1.82) is 0 Å². The third kappa shape index (κ3) is 15.6. The second-order valence-corrected chi connectivity index (χ2v) is 14.4. The third-order valence-electron chi connectivity index (χ3n) is 9.63. The highest BCUT2D eigenvalue weighted by Gasteiger charge is 2.31. The summed E-state index contributed by atoms with van der Waals surface area (Å²) in [4.78, 5) is 79.1. The number of aliphatic imine (C=N–C) groups is 1. The van der Waals surface area contributed by atoms with E-state index in [2.05, 4.69) is 36.2 Å². The van der Waals surface area contributed by atoms with E-state index >= 15 is 0 Å². The Morgan fingerprint density at radius 3 is 1.97 bits per heavy atom. The molecular formula is C44H56N10O5. The van der Waals surface area contributed by atoms with Crippen LogP contribution in [0.15, 0.2) is 102 Å². The molecule has 4 aromatic rings. The first-order valence-corrected chi connectivity index (χ1v) is 19.7. The van der Waals surface area contributed by atoms with E-state index in [1.165, 1.54) is 6.33 Å². The van der Waals surface area contributed by atoms with Crippen LogP contribution in [0.25, 0.3) is 6.08 Å². The molecule has 0 fully saturated rings. The number of nitrogens with one attached hydrogen (secondary N) is 5. The second-order valence-electron chi connectivity index (χ2n) is 14.4. The lowest BCUT2D eigenvalue weighted by molar-refractivity contribution is -0.134. The van der Waals surface area contributed by atoms with Gasteiger partial charge in [0.25, 0.3) is 0 Å². The van der Waals surface area contributed by atoms with E-state index in [1.54, 1.807) is 6.20 Å². The van der Waals surface area contributed by atoms with Gasteiger partial charge in [-0.1, -0.05) is 91.0 Å². The predicted octanol–water partition coefficient (Wildman–Crippen LogP) is 2.28. The Labute approximate surface area is 345 Å². The van der Waals surface area contributed by atoms with Crippen LogP contribution in [0.5, 0.6) is 0 Å². The Kier molecular flexibility index (Phi) is 17.9. The fourth-order valence-corrected chi connectivity index (χ4v) is 6.47. The highest BCUT2D eigenvalue weighted by atomic mass is 16.2. The van der Waals surface area contributed by atoms with Gasteiger partial charge in [-0.15, -0.1) is 0 Å². The van der Waals surface area contributed by atoms with Gasteiger partial charge in [0.2, 0.25) is 29.5 Å². The van der Waals surface area contributed by atoms with Crippen molar-refractivity contribution < 1.29 is 24.0 Å². The van der Waals surface area contributed by atoms with E-state index in [0.717, 1.165) is 27.8 Å². The molecule has 0 saturated heterocycles. The van der Waals surface area contributed by atoms with Crippen LogP contribution in [-0.2, 0) is 49.7 Å². The van der Waals surface area contributed by atoms with E-state index in [4.69, 9.17) is 17.2 Å². The molecule has 15 heteroatoms. The van der Waals surface area contributed by atoms with Gasteiger partial charge >= 0.3 is 0 Å². The van der Waals surface area contributed by atoms with Crippen LogP contribution in [0.3, 0.4) is 0 Å². The molecule has 0 bridgehead atoms. The first-order valence-electron chi connectivity index (χ1n) is 19.7. The minimum Gasteiger partial charge on any atom is -0.370 e. The summed E-state index contributed by atoms with van der Waals surface area (Å²) in [5.41, 5.74) is 22.0. The van der Waals surface area contributed by atoms with Gasteiger partial charge in [-0.05, 0) is 67.3 Å². The number of allylic oxidation sites excluding steroid dienone is 1. The minimum atomic E-state index is -1.18. The number of amides is 5. The van der Waals surface area contributed by atoms with Crippen LogP contribution in [0.1, 0.15) is 66.1 Å². The molecule has 1 aromatic heterocycles. The molecular weight excluding hydrogens is 749 g/mol. The topological polar surface area (TPSA) is 253 Å². The monoisotopic (exact) mass is 804 g/mol. The lowest BCUT2D eigenvalue weighted by Gasteiger charge is -2.26. The number of carbonyl (C=O) groups excluding carboxylic acids is 5. The standard InChI is InChI=1S/C44H56N10O5/c1-3-12-33-23-32(21-20-29(33)2)25-36(40(45)56)53-41(57)35(18-11-22-49-44(46)47)52-42(58)37(24-31-15-8-5-9-16-31)54-43(59)38(26-34-27-48-28-50-34)51-39(55)19-10-17-30-13-6-4-7-14-30/h3-9,12-16,20-21,23,27-28,35-38H,10-11,17-19,22,24-26H2,1-2H3,(H2,45,56)(H,48,50)(H,51,55)(H,52,58)(H,53,57)(H,54,59)(H4,46,47,49)/b12-3-/t35-,36+,37+,38-/m0/s1. The quantitative estimate of drug-likeness (QED) is 0.0313. The van der Waals surface area contributed by atoms with Crippen LogP contribution < -0.4 is 38.5 Å². The number of carbonyl (C=O) groups is 5. The van der Waals surface area contributed by atoms with Crippen molar-refractivity contribution in [2.24, 2.45) is 22.2 Å². The normalized spacial score (nSPS) is 13.1. The van der Waals surface area contributed by atoms with Gasteiger partial charge in [0.05, 0.1) is 6.33 Å². The molecule has 0 aliphatic heterocycles. The van der Waals surface area contributed by atoms with E-state index in [9.17, 15) is 24.0 Å². The van der Waals surface area contributed by atoms with Crippen molar-refractivity contribution in [3.63, 3.8) is 0 Å². The molecule has 0 aliphatic carbocycles. The minimum absolute atomic E-state index is 0.0639. The molecule has 312 valence electrons. The van der Waals surface area contributed by atoms with Crippen molar-refractivity contribution in [1.82, 2.24) is 31.2 Å². The average Bonchev–Trinajstić information content (AvgIpc) is 3.73. The maximum Gasteiger partial charge on any atom is 0.243 e. The first-order chi connectivity index (χ1) is 28.4. The molecule has 0 radical (unpaired) electrons. The third-order valence-corrected chi connectivity index (χ3v) is 9.63. The Morgan fingerprint density at radius 1 is 0.729 bits per heavy atom. The molecule has 0 aliphatic rings. The molecule has 4 rings (SSSR count). The van der Waals surface area contributed by atoms with Crippen LogP contribution >= 0.6 is 0 Å². The number of primary amides is 1. The number of guanidine groups is 1. The number of rotatable bonds is 23. The molecule has 0 spiro atoms. The Hall–Kier alpha value is -6.77. The number of aromatic amines is 1. The van der Waals surface area contributed by atoms with E-state index in [-0.39, 0.29) is 50.5 Å². The Morgan fingerprint density at radius 2 is 1.34 bits per heavy atom. The Bertz CT molecular complexity index is 2030. The van der Waals surface area contributed by atoms with Gasteiger partial charge in [0, 0.05) is 44.1 Å². The summed E-state index contributed by atoms with van der Waals surface area (Å²) >= 11 is 0. The van der Waals surface area contributed by atoms with E-state index in [0.29, 0.717) is 25.0 Å². The highest BCUT2D eigenvalue weighted by Crippen LogP contribution is 2.15. The molecule has 3 aromatic carbocycles. The largest absolute Gasteiger partial charge is 0.370 e. The zero-order valence-electron chi connectivity index (χ0n) is 33.7. The average molecular weight is 805 g/mol. The predicted molar refractivity (Wildman–Crippen MR) is 228 cm³/mol. The van der Waals surface area contributed by atoms with Crippen LogP contribution in [0.4, 0.5) is 0 Å². The lowest BCUT2D eigenvalue weighted by Crippen LogP contribution is -2.59. The van der Waals surface area contributed by atoms with Crippen molar-refractivity contribution in [3.05, 3.63) is 131 Å². The van der Waals surface area contributed by atoms with Crippen LogP contribution in [0.2, 0.25) is 0 Å². The molecule has 59 heavy (non-hydrogen) atoms. The summed E-state index contributed by atoms with van der Waals surface area (Å²) in [6, 6.07) is 20.1. The number of aryl methyl sites for hydroxylation is 2. The molecule has 4 atom stereocenters. The molecule has 5 amide bonds. The van der Waals surface area contributed by atoms with Crippen molar-refractivity contribution in [2.75, 3.05) is 6.54 Å². The molecule has 0 saturated carbocycles. The number of imidazole rings is 1. The van der Waals surface area contributed by atoms with Gasteiger partial charge in [0.15, 0.2) is 5.96 Å². The fraction of sp³-hybridized carbons (Fsp3) is 0.341. The smallest absolute Gasteiger partial charge is 0.243 e. The first kappa shape index (κ1) is 44.9.